The van der Waals surface area contributed by atoms with Crippen LogP contribution in [0.15, 0.2) is 24.3 Å². The van der Waals surface area contributed by atoms with Gasteiger partial charge >= 0.3 is 0 Å². The molecule has 0 aliphatic carbocycles. The number of anilines is 1. The predicted molar refractivity (Wildman–Crippen MR) is 59.0 cm³/mol. The average molecular weight is 192 g/mol. The van der Waals surface area contributed by atoms with E-state index in [9.17, 15) is 4.79 Å². The highest BCUT2D eigenvalue weighted by Gasteiger charge is 2.10. The molecular weight excluding hydrogens is 176 g/mol. The first-order valence-electron chi connectivity index (χ1n) is 4.61. The summed E-state index contributed by atoms with van der Waals surface area (Å²) >= 11 is 0. The third-order valence-corrected chi connectivity index (χ3v) is 2.02. The van der Waals surface area contributed by atoms with Gasteiger partial charge in [-0.05, 0) is 19.2 Å². The van der Waals surface area contributed by atoms with Crippen LogP contribution in [0.5, 0.6) is 0 Å². The monoisotopic (exact) mass is 192 g/mol. The molecule has 1 N–H and O–H groups in total. The number of Topliss-reactive ketones (excluding diaryl/α,β-unsaturated/α-hetero) is 1. The van der Waals surface area contributed by atoms with Crippen LogP contribution in [0.4, 0.5) is 5.69 Å². The van der Waals surface area contributed by atoms with Gasteiger partial charge in [-0.15, -0.1) is 0 Å². The van der Waals surface area contributed by atoms with E-state index in [2.05, 4.69) is 5.32 Å². The molecule has 1 rings (SSSR count). The fourth-order valence-corrected chi connectivity index (χ4v) is 1.36. The normalized spacial score (nSPS) is 9.93. The van der Waals surface area contributed by atoms with Gasteiger partial charge in [0.15, 0.2) is 5.78 Å². The lowest BCUT2D eigenvalue weighted by atomic mass is 10.1. The predicted octanol–water partition coefficient (Wildman–Crippen LogP) is 1.15. The summed E-state index contributed by atoms with van der Waals surface area (Å²) in [6.07, 6.45) is 0. The van der Waals surface area contributed by atoms with Crippen molar-refractivity contribution in [3.05, 3.63) is 29.8 Å². The lowest BCUT2D eigenvalue weighted by molar-refractivity contribution is 0.0994. The summed E-state index contributed by atoms with van der Waals surface area (Å²) < 4.78 is 0. The summed E-state index contributed by atoms with van der Waals surface area (Å²) in [6.45, 7) is 0.380. The van der Waals surface area contributed by atoms with Crippen LogP contribution in [-0.2, 0) is 0 Å². The van der Waals surface area contributed by atoms with Crippen LogP contribution in [0.25, 0.3) is 0 Å². The highest BCUT2D eigenvalue weighted by atomic mass is 16.1. The summed E-state index contributed by atoms with van der Waals surface area (Å²) in [5.41, 5.74) is 1.74. The molecule has 0 saturated heterocycles. The fraction of sp³-hybridized carbons (Fsp3) is 0.364. The molecule has 14 heavy (non-hydrogen) atoms. The van der Waals surface area contributed by atoms with E-state index in [1.807, 2.05) is 43.3 Å². The van der Waals surface area contributed by atoms with Gasteiger partial charge in [0.1, 0.15) is 0 Å². The van der Waals surface area contributed by atoms with E-state index in [-0.39, 0.29) is 5.78 Å². The summed E-state index contributed by atoms with van der Waals surface area (Å²) in [5.74, 6) is 0.122. The quantitative estimate of drug-likeness (QED) is 0.726. The van der Waals surface area contributed by atoms with E-state index < -0.39 is 0 Å². The SMILES string of the molecule is CNCC(=O)c1ccccc1N(C)C. The van der Waals surface area contributed by atoms with Crippen LogP contribution in [-0.4, -0.2) is 33.5 Å². The number of nitrogens with one attached hydrogen (secondary N) is 1. The Kier molecular flexibility index (Phi) is 3.65. The third-order valence-electron chi connectivity index (χ3n) is 2.02. The van der Waals surface area contributed by atoms with Gasteiger partial charge in [0, 0.05) is 25.3 Å². The standard InChI is InChI=1S/C11H16N2O/c1-12-8-11(14)9-6-4-5-7-10(9)13(2)3/h4-7,12H,8H2,1-3H3. The number of ketones is 1. The molecule has 0 aliphatic rings. The minimum atomic E-state index is 0.122. The topological polar surface area (TPSA) is 32.3 Å². The van der Waals surface area contributed by atoms with E-state index in [4.69, 9.17) is 0 Å². The van der Waals surface area contributed by atoms with Gasteiger partial charge in [0.25, 0.3) is 0 Å². The molecule has 0 aliphatic heterocycles. The molecule has 3 heteroatoms. The Morgan fingerprint density at radius 2 is 2.00 bits per heavy atom. The summed E-state index contributed by atoms with van der Waals surface area (Å²) in [7, 11) is 5.65. The Morgan fingerprint density at radius 3 is 2.57 bits per heavy atom. The number of benzene rings is 1. The van der Waals surface area contributed by atoms with Crippen LogP contribution in [0.3, 0.4) is 0 Å². The molecule has 0 heterocycles. The number of hydrogen-bond acceptors (Lipinski definition) is 3. The molecule has 3 nitrogen and oxygen atoms in total. The van der Waals surface area contributed by atoms with Crippen molar-refractivity contribution in [3.63, 3.8) is 0 Å². The number of rotatable bonds is 4. The zero-order chi connectivity index (χ0) is 10.6. The van der Waals surface area contributed by atoms with Gasteiger partial charge < -0.3 is 10.2 Å². The number of hydrogen-bond donors (Lipinski definition) is 1. The van der Waals surface area contributed by atoms with Crippen molar-refractivity contribution in [1.29, 1.82) is 0 Å². The van der Waals surface area contributed by atoms with Crippen molar-refractivity contribution in [2.75, 3.05) is 32.6 Å². The van der Waals surface area contributed by atoms with Gasteiger partial charge in [-0.2, -0.15) is 0 Å². The average Bonchev–Trinajstić information content (AvgIpc) is 2.18. The van der Waals surface area contributed by atoms with Crippen molar-refractivity contribution < 1.29 is 4.79 Å². The van der Waals surface area contributed by atoms with Gasteiger partial charge in [-0.3, -0.25) is 4.79 Å². The van der Waals surface area contributed by atoms with Gasteiger partial charge in [-0.1, -0.05) is 12.1 Å². The van der Waals surface area contributed by atoms with E-state index in [1.54, 1.807) is 7.05 Å². The van der Waals surface area contributed by atoms with Gasteiger partial charge in [-0.25, -0.2) is 0 Å². The highest BCUT2D eigenvalue weighted by molar-refractivity contribution is 6.02. The first-order valence-corrected chi connectivity index (χ1v) is 4.61. The minimum Gasteiger partial charge on any atom is -0.377 e. The number of carbonyl (C=O) groups excluding carboxylic acids is 1. The molecule has 0 aromatic heterocycles. The Hall–Kier alpha value is -1.35. The number of para-hydroxylation sites is 1. The molecule has 0 saturated carbocycles. The number of likely N-dealkylation sites (N-methyl/N-ethyl adjacent to an activating group) is 1. The van der Waals surface area contributed by atoms with Crippen molar-refractivity contribution in [2.45, 2.75) is 0 Å². The van der Waals surface area contributed by atoms with Crippen LogP contribution < -0.4 is 10.2 Å². The Balaban J connectivity index is 3.00. The van der Waals surface area contributed by atoms with Crippen molar-refractivity contribution in [1.82, 2.24) is 5.32 Å². The number of nitrogens with zero attached hydrogens (tertiary/aromatic N) is 1. The smallest absolute Gasteiger partial charge is 0.178 e. The summed E-state index contributed by atoms with van der Waals surface area (Å²) in [6, 6.07) is 7.62. The molecule has 0 amide bonds. The summed E-state index contributed by atoms with van der Waals surface area (Å²) in [5, 5.41) is 2.86. The fourth-order valence-electron chi connectivity index (χ4n) is 1.36. The van der Waals surface area contributed by atoms with E-state index >= 15 is 0 Å². The maximum atomic E-state index is 11.7. The maximum Gasteiger partial charge on any atom is 0.178 e. The maximum absolute atomic E-state index is 11.7. The molecule has 0 atom stereocenters. The lowest BCUT2D eigenvalue weighted by Crippen LogP contribution is -2.21. The van der Waals surface area contributed by atoms with Gasteiger partial charge in [0.05, 0.1) is 6.54 Å². The lowest BCUT2D eigenvalue weighted by Gasteiger charge is -2.16. The van der Waals surface area contributed by atoms with Gasteiger partial charge in [0.2, 0.25) is 0 Å². The van der Waals surface area contributed by atoms with Crippen LogP contribution in [0, 0.1) is 0 Å². The van der Waals surface area contributed by atoms with E-state index in [1.165, 1.54) is 0 Å². The highest BCUT2D eigenvalue weighted by Crippen LogP contribution is 2.17. The Labute approximate surface area is 84.7 Å². The zero-order valence-corrected chi connectivity index (χ0v) is 8.87. The molecule has 0 radical (unpaired) electrons. The Morgan fingerprint density at radius 1 is 1.36 bits per heavy atom. The van der Waals surface area contributed by atoms with Crippen molar-refractivity contribution in [2.24, 2.45) is 0 Å². The van der Waals surface area contributed by atoms with Crippen LogP contribution >= 0.6 is 0 Å². The molecule has 0 fully saturated rings. The van der Waals surface area contributed by atoms with Crippen molar-refractivity contribution in [3.8, 4) is 0 Å². The number of carbonyl (C=O) groups is 1. The summed E-state index contributed by atoms with van der Waals surface area (Å²) in [4.78, 5) is 13.6. The molecule has 0 bridgehead atoms. The second-order valence-corrected chi connectivity index (χ2v) is 3.37. The molecule has 1 aromatic rings. The molecule has 0 unspecified atom stereocenters. The van der Waals surface area contributed by atoms with Crippen LogP contribution in [0.2, 0.25) is 0 Å². The molecule has 1 aromatic carbocycles. The third kappa shape index (κ3) is 2.33. The minimum absolute atomic E-state index is 0.122. The van der Waals surface area contributed by atoms with Crippen LogP contribution in [0.1, 0.15) is 10.4 Å². The first-order chi connectivity index (χ1) is 6.66. The second kappa shape index (κ2) is 4.77. The van der Waals surface area contributed by atoms with Crippen molar-refractivity contribution >= 4 is 11.5 Å². The zero-order valence-electron chi connectivity index (χ0n) is 8.87. The second-order valence-electron chi connectivity index (χ2n) is 3.37. The molecule has 76 valence electrons. The first kappa shape index (κ1) is 10.7. The van der Waals surface area contributed by atoms with E-state index in [0.29, 0.717) is 6.54 Å². The molecule has 0 spiro atoms. The molecular formula is C11H16N2O. The largest absolute Gasteiger partial charge is 0.377 e. The van der Waals surface area contributed by atoms with E-state index in [0.717, 1.165) is 11.3 Å². The Bertz CT molecular complexity index is 321.